The number of rotatable bonds is 5. The molecule has 0 heterocycles. The van der Waals surface area contributed by atoms with E-state index >= 15 is 0 Å². The van der Waals surface area contributed by atoms with E-state index in [9.17, 15) is 4.79 Å². The first-order valence-electron chi connectivity index (χ1n) is 5.15. The van der Waals surface area contributed by atoms with Crippen LogP contribution in [0.25, 0.3) is 6.08 Å². The van der Waals surface area contributed by atoms with E-state index < -0.39 is 0 Å². The smallest absolute Gasteiger partial charge is 0.150 e. The van der Waals surface area contributed by atoms with Crippen LogP contribution in [0.4, 0.5) is 0 Å². The molecule has 1 aromatic carbocycles. The largest absolute Gasteiger partial charge is 0.319 e. The summed E-state index contributed by atoms with van der Waals surface area (Å²) in [5, 5.41) is 3.08. The SMILES string of the molecule is CNCCC=Cc1cc(C=O)ccc1C. The third kappa shape index (κ3) is 3.68. The van der Waals surface area contributed by atoms with Gasteiger partial charge in [-0.05, 0) is 44.1 Å². The molecule has 0 radical (unpaired) electrons. The average molecular weight is 203 g/mol. The molecule has 0 unspecified atom stereocenters. The van der Waals surface area contributed by atoms with Crippen molar-refractivity contribution >= 4 is 12.4 Å². The van der Waals surface area contributed by atoms with E-state index in [1.807, 2.05) is 32.2 Å². The minimum absolute atomic E-state index is 0.730. The average Bonchev–Trinajstić information content (AvgIpc) is 2.26. The highest BCUT2D eigenvalue weighted by Gasteiger charge is 1.95. The van der Waals surface area contributed by atoms with Gasteiger partial charge in [0.2, 0.25) is 0 Å². The molecule has 0 saturated heterocycles. The second-order valence-corrected chi connectivity index (χ2v) is 3.53. The van der Waals surface area contributed by atoms with Gasteiger partial charge in [0.1, 0.15) is 6.29 Å². The van der Waals surface area contributed by atoms with Gasteiger partial charge in [-0.15, -0.1) is 0 Å². The second kappa shape index (κ2) is 6.14. The lowest BCUT2D eigenvalue weighted by Crippen LogP contribution is -2.05. The summed E-state index contributed by atoms with van der Waals surface area (Å²) in [4.78, 5) is 10.6. The van der Waals surface area contributed by atoms with Crippen LogP contribution in [-0.4, -0.2) is 19.9 Å². The first kappa shape index (κ1) is 11.7. The second-order valence-electron chi connectivity index (χ2n) is 3.53. The van der Waals surface area contributed by atoms with Crippen molar-refractivity contribution in [3.63, 3.8) is 0 Å². The molecule has 0 spiro atoms. The molecular weight excluding hydrogens is 186 g/mol. The Bertz CT molecular complexity index is 356. The van der Waals surface area contributed by atoms with Gasteiger partial charge in [-0.2, -0.15) is 0 Å². The summed E-state index contributed by atoms with van der Waals surface area (Å²) < 4.78 is 0. The highest BCUT2D eigenvalue weighted by molar-refractivity contribution is 5.76. The van der Waals surface area contributed by atoms with Crippen molar-refractivity contribution < 1.29 is 4.79 Å². The molecule has 80 valence electrons. The summed E-state index contributed by atoms with van der Waals surface area (Å²) in [5.41, 5.74) is 3.05. The standard InChI is InChI=1S/C13H17NO/c1-11-6-7-12(10-15)9-13(11)5-3-4-8-14-2/h3,5-7,9-10,14H,4,8H2,1-2H3. The molecule has 0 aliphatic rings. The van der Waals surface area contributed by atoms with Gasteiger partial charge in [0.25, 0.3) is 0 Å². The molecule has 2 heteroatoms. The van der Waals surface area contributed by atoms with Gasteiger partial charge in [-0.1, -0.05) is 24.3 Å². The molecule has 1 rings (SSSR count). The fraction of sp³-hybridized carbons (Fsp3) is 0.308. The molecule has 1 aromatic rings. The Hall–Kier alpha value is -1.41. The number of aryl methyl sites for hydroxylation is 1. The van der Waals surface area contributed by atoms with Gasteiger partial charge < -0.3 is 5.32 Å². The fourth-order valence-corrected chi connectivity index (χ4v) is 1.35. The lowest BCUT2D eigenvalue weighted by atomic mass is 10.0. The van der Waals surface area contributed by atoms with Crippen LogP contribution in [0.2, 0.25) is 0 Å². The van der Waals surface area contributed by atoms with Gasteiger partial charge >= 0.3 is 0 Å². The minimum Gasteiger partial charge on any atom is -0.319 e. The van der Waals surface area contributed by atoms with Crippen LogP contribution in [0, 0.1) is 6.92 Å². The Labute approximate surface area is 91.0 Å². The Morgan fingerprint density at radius 1 is 1.40 bits per heavy atom. The van der Waals surface area contributed by atoms with Crippen LogP contribution in [0.15, 0.2) is 24.3 Å². The van der Waals surface area contributed by atoms with Crippen molar-refractivity contribution in [2.45, 2.75) is 13.3 Å². The van der Waals surface area contributed by atoms with Crippen LogP contribution < -0.4 is 5.32 Å². The van der Waals surface area contributed by atoms with Crippen molar-refractivity contribution in [3.05, 3.63) is 41.0 Å². The van der Waals surface area contributed by atoms with E-state index in [2.05, 4.69) is 17.5 Å². The summed E-state index contributed by atoms with van der Waals surface area (Å²) in [6.45, 7) is 3.02. The number of aldehydes is 1. The molecular formula is C13H17NO. The molecule has 0 fully saturated rings. The molecule has 0 aromatic heterocycles. The Balaban J connectivity index is 2.74. The predicted molar refractivity (Wildman–Crippen MR) is 64.1 cm³/mol. The van der Waals surface area contributed by atoms with Gasteiger partial charge in [-0.25, -0.2) is 0 Å². The maximum atomic E-state index is 10.6. The number of hydrogen-bond acceptors (Lipinski definition) is 2. The molecule has 0 aliphatic heterocycles. The summed E-state index contributed by atoms with van der Waals surface area (Å²) in [7, 11) is 1.94. The molecule has 2 nitrogen and oxygen atoms in total. The topological polar surface area (TPSA) is 29.1 Å². The van der Waals surface area contributed by atoms with E-state index in [1.165, 1.54) is 5.56 Å². The van der Waals surface area contributed by atoms with Crippen LogP contribution in [0.5, 0.6) is 0 Å². The van der Waals surface area contributed by atoms with Crippen LogP contribution >= 0.6 is 0 Å². The zero-order chi connectivity index (χ0) is 11.1. The van der Waals surface area contributed by atoms with Crippen molar-refractivity contribution in [1.82, 2.24) is 5.32 Å². The van der Waals surface area contributed by atoms with Crippen molar-refractivity contribution in [1.29, 1.82) is 0 Å². The number of carbonyl (C=O) groups excluding carboxylic acids is 1. The third-order valence-corrected chi connectivity index (χ3v) is 2.30. The maximum absolute atomic E-state index is 10.6. The molecule has 0 saturated carbocycles. The minimum atomic E-state index is 0.730. The summed E-state index contributed by atoms with van der Waals surface area (Å²) in [5.74, 6) is 0. The fourth-order valence-electron chi connectivity index (χ4n) is 1.35. The normalized spacial score (nSPS) is 10.8. The molecule has 15 heavy (non-hydrogen) atoms. The number of nitrogens with one attached hydrogen (secondary N) is 1. The van der Waals surface area contributed by atoms with Gasteiger partial charge in [0.15, 0.2) is 0 Å². The van der Waals surface area contributed by atoms with E-state index in [0.29, 0.717) is 0 Å². The van der Waals surface area contributed by atoms with Crippen LogP contribution in [-0.2, 0) is 0 Å². The Morgan fingerprint density at radius 2 is 2.20 bits per heavy atom. The molecule has 0 amide bonds. The third-order valence-electron chi connectivity index (χ3n) is 2.30. The first-order chi connectivity index (χ1) is 7.27. The van der Waals surface area contributed by atoms with E-state index in [0.717, 1.165) is 30.4 Å². The maximum Gasteiger partial charge on any atom is 0.150 e. The highest BCUT2D eigenvalue weighted by atomic mass is 16.1. The van der Waals surface area contributed by atoms with E-state index in [4.69, 9.17) is 0 Å². The zero-order valence-corrected chi connectivity index (χ0v) is 9.29. The van der Waals surface area contributed by atoms with Gasteiger partial charge in [0.05, 0.1) is 0 Å². The zero-order valence-electron chi connectivity index (χ0n) is 9.29. The summed E-state index contributed by atoms with van der Waals surface area (Å²) in [6, 6.07) is 5.73. The lowest BCUT2D eigenvalue weighted by Gasteiger charge is -2.01. The van der Waals surface area contributed by atoms with Crippen molar-refractivity contribution in [2.75, 3.05) is 13.6 Å². The van der Waals surface area contributed by atoms with Gasteiger partial charge in [-0.3, -0.25) is 4.79 Å². The molecule has 0 aliphatic carbocycles. The highest BCUT2D eigenvalue weighted by Crippen LogP contribution is 2.12. The van der Waals surface area contributed by atoms with Gasteiger partial charge in [0, 0.05) is 5.56 Å². The Kier molecular flexibility index (Phi) is 4.78. The van der Waals surface area contributed by atoms with Crippen LogP contribution in [0.3, 0.4) is 0 Å². The molecule has 0 atom stereocenters. The molecule has 0 bridgehead atoms. The van der Waals surface area contributed by atoms with Crippen molar-refractivity contribution in [3.8, 4) is 0 Å². The monoisotopic (exact) mass is 203 g/mol. The number of hydrogen-bond donors (Lipinski definition) is 1. The summed E-state index contributed by atoms with van der Waals surface area (Å²) in [6.07, 6.45) is 6.07. The Morgan fingerprint density at radius 3 is 2.87 bits per heavy atom. The van der Waals surface area contributed by atoms with Crippen LogP contribution in [0.1, 0.15) is 27.9 Å². The first-order valence-corrected chi connectivity index (χ1v) is 5.15. The van der Waals surface area contributed by atoms with E-state index in [1.54, 1.807) is 0 Å². The van der Waals surface area contributed by atoms with E-state index in [-0.39, 0.29) is 0 Å². The lowest BCUT2D eigenvalue weighted by molar-refractivity contribution is 0.112. The summed E-state index contributed by atoms with van der Waals surface area (Å²) >= 11 is 0. The number of carbonyl (C=O) groups is 1. The predicted octanol–water partition coefficient (Wildman–Crippen LogP) is 2.43. The van der Waals surface area contributed by atoms with Crippen molar-refractivity contribution in [2.24, 2.45) is 0 Å². The number of benzene rings is 1. The molecule has 1 N–H and O–H groups in total. The quantitative estimate of drug-likeness (QED) is 0.588.